The van der Waals surface area contributed by atoms with E-state index in [0.717, 1.165) is 19.3 Å². The van der Waals surface area contributed by atoms with Crippen LogP contribution in [-0.4, -0.2) is 43.4 Å². The second-order valence-corrected chi connectivity index (χ2v) is 4.29. The van der Waals surface area contributed by atoms with Gasteiger partial charge >= 0.3 is 0 Å². The monoisotopic (exact) mass is 198 g/mol. The van der Waals surface area contributed by atoms with E-state index in [9.17, 15) is 0 Å². The Morgan fingerprint density at radius 1 is 1.29 bits per heavy atom. The van der Waals surface area contributed by atoms with Gasteiger partial charge in [-0.1, -0.05) is 6.92 Å². The normalized spacial score (nSPS) is 30.0. The lowest BCUT2D eigenvalue weighted by Crippen LogP contribution is -2.49. The van der Waals surface area contributed by atoms with Crippen molar-refractivity contribution in [1.29, 1.82) is 0 Å². The zero-order chi connectivity index (χ0) is 9.80. The summed E-state index contributed by atoms with van der Waals surface area (Å²) < 4.78 is 5.41. The van der Waals surface area contributed by atoms with Gasteiger partial charge in [-0.3, -0.25) is 4.90 Å². The van der Waals surface area contributed by atoms with Crippen LogP contribution in [0.4, 0.5) is 0 Å². The minimum absolute atomic E-state index is 0.642. The van der Waals surface area contributed by atoms with Crippen molar-refractivity contribution in [2.24, 2.45) is 0 Å². The molecule has 2 fully saturated rings. The number of ether oxygens (including phenoxy) is 1. The van der Waals surface area contributed by atoms with Crippen LogP contribution in [0, 0.1) is 0 Å². The summed E-state index contributed by atoms with van der Waals surface area (Å²) in [6, 6.07) is 0.754. The molecule has 2 rings (SSSR count). The van der Waals surface area contributed by atoms with Crippen molar-refractivity contribution >= 4 is 0 Å². The van der Waals surface area contributed by atoms with E-state index in [1.807, 2.05) is 0 Å². The highest BCUT2D eigenvalue weighted by Gasteiger charge is 2.28. The molecule has 2 aliphatic rings. The first kappa shape index (κ1) is 10.4. The smallest absolute Gasteiger partial charge is 0.0599 e. The highest BCUT2D eigenvalue weighted by atomic mass is 16.5. The predicted molar refractivity (Wildman–Crippen MR) is 57.2 cm³/mol. The van der Waals surface area contributed by atoms with Gasteiger partial charge in [-0.25, -0.2) is 0 Å². The van der Waals surface area contributed by atoms with Gasteiger partial charge < -0.3 is 10.1 Å². The molecule has 1 unspecified atom stereocenters. The minimum atomic E-state index is 0.642. The van der Waals surface area contributed by atoms with Crippen molar-refractivity contribution in [2.75, 3.05) is 26.3 Å². The van der Waals surface area contributed by atoms with Crippen LogP contribution >= 0.6 is 0 Å². The summed E-state index contributed by atoms with van der Waals surface area (Å²) in [5, 5.41) is 3.59. The van der Waals surface area contributed by atoms with Crippen molar-refractivity contribution in [1.82, 2.24) is 10.2 Å². The molecule has 3 heteroatoms. The Labute approximate surface area is 86.8 Å². The molecule has 0 saturated carbocycles. The zero-order valence-corrected chi connectivity index (χ0v) is 9.17. The summed E-state index contributed by atoms with van der Waals surface area (Å²) in [5.41, 5.74) is 0. The molecular weight excluding hydrogens is 176 g/mol. The third-order valence-electron chi connectivity index (χ3n) is 3.46. The highest BCUT2D eigenvalue weighted by Crippen LogP contribution is 2.20. The second kappa shape index (κ2) is 5.10. The maximum Gasteiger partial charge on any atom is 0.0599 e. The largest absolute Gasteiger partial charge is 0.381 e. The molecule has 1 atom stereocenters. The number of hydrogen-bond donors (Lipinski definition) is 1. The van der Waals surface area contributed by atoms with Crippen LogP contribution in [-0.2, 0) is 4.74 Å². The Kier molecular flexibility index (Phi) is 3.79. The van der Waals surface area contributed by atoms with E-state index in [0.29, 0.717) is 6.17 Å². The van der Waals surface area contributed by atoms with Crippen LogP contribution in [0.5, 0.6) is 0 Å². The van der Waals surface area contributed by atoms with Gasteiger partial charge in [0.1, 0.15) is 0 Å². The highest BCUT2D eigenvalue weighted by molar-refractivity contribution is 4.82. The SMILES string of the molecule is CCN(C1CCOCC1)C1CCCN1. The molecule has 0 aromatic heterocycles. The van der Waals surface area contributed by atoms with E-state index in [1.54, 1.807) is 0 Å². The molecule has 0 radical (unpaired) electrons. The van der Waals surface area contributed by atoms with Gasteiger partial charge in [-0.15, -0.1) is 0 Å². The van der Waals surface area contributed by atoms with Crippen LogP contribution in [0.25, 0.3) is 0 Å². The molecule has 14 heavy (non-hydrogen) atoms. The van der Waals surface area contributed by atoms with Crippen molar-refractivity contribution in [3.8, 4) is 0 Å². The average Bonchev–Trinajstić information content (AvgIpc) is 2.74. The first-order valence-corrected chi connectivity index (χ1v) is 5.98. The molecule has 0 aromatic rings. The summed E-state index contributed by atoms with van der Waals surface area (Å²) in [5.74, 6) is 0. The fourth-order valence-electron chi connectivity index (χ4n) is 2.70. The van der Waals surface area contributed by atoms with Gasteiger partial charge in [0.15, 0.2) is 0 Å². The molecule has 82 valence electrons. The standard InChI is InChI=1S/C11H22N2O/c1-2-13(11-4-3-7-12-11)10-5-8-14-9-6-10/h10-12H,2-9H2,1H3. The van der Waals surface area contributed by atoms with Crippen LogP contribution in [0.1, 0.15) is 32.6 Å². The van der Waals surface area contributed by atoms with E-state index in [-0.39, 0.29) is 0 Å². The molecule has 0 amide bonds. The number of nitrogens with one attached hydrogen (secondary N) is 1. The fraction of sp³-hybridized carbons (Fsp3) is 1.00. The van der Waals surface area contributed by atoms with Crippen LogP contribution in [0.2, 0.25) is 0 Å². The van der Waals surface area contributed by atoms with Crippen LogP contribution in [0.3, 0.4) is 0 Å². The topological polar surface area (TPSA) is 24.5 Å². The lowest BCUT2D eigenvalue weighted by Gasteiger charge is -2.37. The fourth-order valence-corrected chi connectivity index (χ4v) is 2.70. The quantitative estimate of drug-likeness (QED) is 0.737. The zero-order valence-electron chi connectivity index (χ0n) is 9.17. The molecule has 2 aliphatic heterocycles. The number of nitrogens with zero attached hydrogens (tertiary/aromatic N) is 1. The Hall–Kier alpha value is -0.120. The van der Waals surface area contributed by atoms with E-state index in [4.69, 9.17) is 4.74 Å². The third kappa shape index (κ3) is 2.27. The van der Waals surface area contributed by atoms with E-state index >= 15 is 0 Å². The van der Waals surface area contributed by atoms with Gasteiger partial charge in [0.05, 0.1) is 6.17 Å². The van der Waals surface area contributed by atoms with Gasteiger partial charge in [-0.05, 0) is 38.8 Å². The first-order valence-electron chi connectivity index (χ1n) is 5.98. The van der Waals surface area contributed by atoms with Crippen molar-refractivity contribution in [2.45, 2.75) is 44.8 Å². The van der Waals surface area contributed by atoms with Crippen LogP contribution in [0.15, 0.2) is 0 Å². The maximum atomic E-state index is 5.41. The van der Waals surface area contributed by atoms with Crippen molar-refractivity contribution < 1.29 is 4.74 Å². The Morgan fingerprint density at radius 2 is 2.07 bits per heavy atom. The summed E-state index contributed by atoms with van der Waals surface area (Å²) >= 11 is 0. The summed E-state index contributed by atoms with van der Waals surface area (Å²) in [6.45, 7) is 6.55. The first-order chi connectivity index (χ1) is 6.92. The predicted octanol–water partition coefficient (Wildman–Crippen LogP) is 1.20. The molecule has 0 aliphatic carbocycles. The second-order valence-electron chi connectivity index (χ2n) is 4.29. The Balaban J connectivity index is 1.89. The van der Waals surface area contributed by atoms with E-state index < -0.39 is 0 Å². The third-order valence-corrected chi connectivity index (χ3v) is 3.46. The Bertz CT molecular complexity index is 163. The average molecular weight is 198 g/mol. The summed E-state index contributed by atoms with van der Waals surface area (Å²) in [4.78, 5) is 2.63. The number of hydrogen-bond acceptors (Lipinski definition) is 3. The van der Waals surface area contributed by atoms with Crippen molar-refractivity contribution in [3.63, 3.8) is 0 Å². The maximum absolute atomic E-state index is 5.41. The van der Waals surface area contributed by atoms with Gasteiger partial charge in [0.2, 0.25) is 0 Å². The van der Waals surface area contributed by atoms with Crippen LogP contribution < -0.4 is 5.32 Å². The molecule has 0 aromatic carbocycles. The molecule has 0 spiro atoms. The molecule has 1 N–H and O–H groups in total. The lowest BCUT2D eigenvalue weighted by atomic mass is 10.1. The lowest BCUT2D eigenvalue weighted by molar-refractivity contribution is 0.0160. The van der Waals surface area contributed by atoms with E-state index in [2.05, 4.69) is 17.1 Å². The van der Waals surface area contributed by atoms with Gasteiger partial charge in [0, 0.05) is 19.3 Å². The number of rotatable bonds is 3. The Morgan fingerprint density at radius 3 is 2.64 bits per heavy atom. The van der Waals surface area contributed by atoms with Gasteiger partial charge in [-0.2, -0.15) is 0 Å². The van der Waals surface area contributed by atoms with E-state index in [1.165, 1.54) is 38.8 Å². The molecule has 3 nitrogen and oxygen atoms in total. The summed E-state index contributed by atoms with van der Waals surface area (Å²) in [6.07, 6.45) is 5.73. The minimum Gasteiger partial charge on any atom is -0.381 e. The molecular formula is C11H22N2O. The molecule has 2 heterocycles. The van der Waals surface area contributed by atoms with Crippen molar-refractivity contribution in [3.05, 3.63) is 0 Å². The molecule has 0 bridgehead atoms. The molecule has 2 saturated heterocycles. The summed E-state index contributed by atoms with van der Waals surface area (Å²) in [7, 11) is 0. The van der Waals surface area contributed by atoms with Gasteiger partial charge in [0.25, 0.3) is 0 Å².